The van der Waals surface area contributed by atoms with Crippen LogP contribution in [0.25, 0.3) is 11.1 Å². The maximum atomic E-state index is 14.5. The van der Waals surface area contributed by atoms with Crippen molar-refractivity contribution in [1.82, 2.24) is 0 Å². The van der Waals surface area contributed by atoms with Crippen molar-refractivity contribution >= 4 is 0 Å². The van der Waals surface area contributed by atoms with Crippen molar-refractivity contribution in [3.05, 3.63) is 58.9 Å². The second-order valence-electron chi connectivity index (χ2n) is 7.85. The lowest BCUT2D eigenvalue weighted by Crippen LogP contribution is -2.26. The molecule has 3 rings (SSSR count). The summed E-state index contributed by atoms with van der Waals surface area (Å²) in [6.07, 6.45) is 4.80. The van der Waals surface area contributed by atoms with Crippen LogP contribution >= 0.6 is 0 Å². The first kappa shape index (κ1) is 17.2. The molecule has 24 heavy (non-hydrogen) atoms. The average Bonchev–Trinajstić information content (AvgIpc) is 2.56. The molecular formula is C22H27FO. The van der Waals surface area contributed by atoms with Gasteiger partial charge >= 0.3 is 0 Å². The fraction of sp³-hybridized carbons (Fsp3) is 0.455. The van der Waals surface area contributed by atoms with E-state index in [4.69, 9.17) is 0 Å². The maximum Gasteiger partial charge on any atom is 0.131 e. The molecule has 1 saturated carbocycles. The summed E-state index contributed by atoms with van der Waals surface area (Å²) in [4.78, 5) is 0. The summed E-state index contributed by atoms with van der Waals surface area (Å²) in [5.74, 6) is 0.222. The molecule has 0 amide bonds. The molecule has 0 bridgehead atoms. The van der Waals surface area contributed by atoms with Crippen LogP contribution in [0, 0.1) is 18.2 Å². The third kappa shape index (κ3) is 3.25. The SMILES string of the molecule is Cc1ccc(F)c(-c2ccc(CO)cc2[C@H]2CCCCC2(C)C)c1. The number of benzene rings is 2. The Morgan fingerprint density at radius 1 is 1.08 bits per heavy atom. The monoisotopic (exact) mass is 326 g/mol. The van der Waals surface area contributed by atoms with E-state index in [-0.39, 0.29) is 17.8 Å². The molecular weight excluding hydrogens is 299 g/mol. The molecule has 0 spiro atoms. The van der Waals surface area contributed by atoms with Crippen LogP contribution in [-0.4, -0.2) is 5.11 Å². The molecule has 1 fully saturated rings. The molecule has 1 atom stereocenters. The minimum atomic E-state index is -0.174. The van der Waals surface area contributed by atoms with E-state index in [1.807, 2.05) is 31.2 Å². The summed E-state index contributed by atoms with van der Waals surface area (Å²) < 4.78 is 14.5. The zero-order valence-corrected chi connectivity index (χ0v) is 14.9. The number of aryl methyl sites for hydroxylation is 1. The summed E-state index contributed by atoms with van der Waals surface area (Å²) in [6.45, 7) is 6.66. The predicted octanol–water partition coefficient (Wildman–Crippen LogP) is 5.98. The molecule has 1 N–H and O–H groups in total. The molecule has 128 valence electrons. The molecule has 0 heterocycles. The fourth-order valence-electron chi connectivity index (χ4n) is 4.16. The zero-order chi connectivity index (χ0) is 17.3. The highest BCUT2D eigenvalue weighted by molar-refractivity contribution is 5.70. The van der Waals surface area contributed by atoms with E-state index in [1.54, 1.807) is 6.07 Å². The van der Waals surface area contributed by atoms with E-state index < -0.39 is 0 Å². The molecule has 2 aromatic rings. The van der Waals surface area contributed by atoms with Gasteiger partial charge in [-0.25, -0.2) is 4.39 Å². The lowest BCUT2D eigenvalue weighted by atomic mass is 9.65. The van der Waals surface area contributed by atoms with Crippen molar-refractivity contribution in [3.63, 3.8) is 0 Å². The lowest BCUT2D eigenvalue weighted by Gasteiger charge is -2.40. The number of rotatable bonds is 3. The third-order valence-corrected chi connectivity index (χ3v) is 5.59. The van der Waals surface area contributed by atoms with Gasteiger partial charge in [0.15, 0.2) is 0 Å². The van der Waals surface area contributed by atoms with Crippen LogP contribution in [0.3, 0.4) is 0 Å². The van der Waals surface area contributed by atoms with Gasteiger partial charge in [0.1, 0.15) is 5.82 Å². The topological polar surface area (TPSA) is 20.2 Å². The van der Waals surface area contributed by atoms with Gasteiger partial charge in [-0.3, -0.25) is 0 Å². The Morgan fingerprint density at radius 3 is 2.58 bits per heavy atom. The summed E-state index contributed by atoms with van der Waals surface area (Å²) >= 11 is 0. The van der Waals surface area contributed by atoms with Crippen molar-refractivity contribution in [3.8, 4) is 11.1 Å². The Bertz CT molecular complexity index is 733. The van der Waals surface area contributed by atoms with Gasteiger partial charge in [-0.1, -0.05) is 56.5 Å². The summed E-state index contributed by atoms with van der Waals surface area (Å²) in [7, 11) is 0. The molecule has 0 radical (unpaired) electrons. The van der Waals surface area contributed by atoms with Crippen LogP contribution in [0.1, 0.15) is 62.1 Å². The summed E-state index contributed by atoms with van der Waals surface area (Å²) in [6, 6.07) is 11.3. The standard InChI is InChI=1S/C22H27FO/c1-15-7-10-21(23)19(12-15)17-9-8-16(14-24)13-18(17)20-6-4-5-11-22(20,2)3/h7-10,12-13,20,24H,4-6,11,14H2,1-3H3/t20-/m1/s1. The van der Waals surface area contributed by atoms with Crippen LogP contribution < -0.4 is 0 Å². The highest BCUT2D eigenvalue weighted by atomic mass is 19.1. The van der Waals surface area contributed by atoms with Crippen molar-refractivity contribution in [2.45, 2.75) is 59.0 Å². The first-order chi connectivity index (χ1) is 11.4. The van der Waals surface area contributed by atoms with Crippen molar-refractivity contribution in [1.29, 1.82) is 0 Å². The maximum absolute atomic E-state index is 14.5. The Labute approximate surface area is 144 Å². The summed E-state index contributed by atoms with van der Waals surface area (Å²) in [5.41, 5.74) is 5.01. The number of hydrogen-bond donors (Lipinski definition) is 1. The minimum absolute atomic E-state index is 0.0245. The quantitative estimate of drug-likeness (QED) is 0.736. The number of aliphatic hydroxyl groups excluding tert-OH is 1. The van der Waals surface area contributed by atoms with E-state index in [0.717, 1.165) is 23.1 Å². The highest BCUT2D eigenvalue weighted by Crippen LogP contribution is 2.49. The van der Waals surface area contributed by atoms with Crippen LogP contribution in [0.15, 0.2) is 36.4 Å². The Morgan fingerprint density at radius 2 is 1.88 bits per heavy atom. The third-order valence-electron chi connectivity index (χ3n) is 5.59. The minimum Gasteiger partial charge on any atom is -0.392 e. The lowest BCUT2D eigenvalue weighted by molar-refractivity contribution is 0.199. The van der Waals surface area contributed by atoms with Crippen LogP contribution in [0.5, 0.6) is 0 Å². The number of halogens is 1. The second-order valence-corrected chi connectivity index (χ2v) is 7.85. The van der Waals surface area contributed by atoms with Gasteiger partial charge in [-0.2, -0.15) is 0 Å². The van der Waals surface area contributed by atoms with Crippen molar-refractivity contribution < 1.29 is 9.50 Å². The van der Waals surface area contributed by atoms with E-state index >= 15 is 0 Å². The van der Waals surface area contributed by atoms with Gasteiger partial charge in [-0.15, -0.1) is 0 Å². The van der Waals surface area contributed by atoms with Gasteiger partial charge in [0.25, 0.3) is 0 Å². The Balaban J connectivity index is 2.18. The van der Waals surface area contributed by atoms with E-state index in [1.165, 1.54) is 24.8 Å². The van der Waals surface area contributed by atoms with Gasteiger partial charge in [0.2, 0.25) is 0 Å². The molecule has 2 heteroatoms. The molecule has 0 saturated heterocycles. The van der Waals surface area contributed by atoms with E-state index in [9.17, 15) is 9.50 Å². The fourth-order valence-corrected chi connectivity index (χ4v) is 4.16. The van der Waals surface area contributed by atoms with Crippen LogP contribution in [0.4, 0.5) is 4.39 Å². The van der Waals surface area contributed by atoms with Gasteiger partial charge < -0.3 is 5.11 Å². The number of hydrogen-bond acceptors (Lipinski definition) is 1. The van der Waals surface area contributed by atoms with E-state index in [2.05, 4.69) is 19.9 Å². The second kappa shape index (κ2) is 6.68. The Hall–Kier alpha value is -1.67. The first-order valence-electron chi connectivity index (χ1n) is 8.92. The molecule has 1 aliphatic rings. The largest absolute Gasteiger partial charge is 0.392 e. The highest BCUT2D eigenvalue weighted by Gasteiger charge is 2.35. The smallest absolute Gasteiger partial charge is 0.131 e. The zero-order valence-electron chi connectivity index (χ0n) is 14.9. The Kier molecular flexibility index (Phi) is 4.78. The predicted molar refractivity (Wildman–Crippen MR) is 97.5 cm³/mol. The molecule has 0 unspecified atom stereocenters. The molecule has 1 nitrogen and oxygen atoms in total. The van der Waals surface area contributed by atoms with Crippen LogP contribution in [-0.2, 0) is 6.61 Å². The van der Waals surface area contributed by atoms with Gasteiger partial charge in [0.05, 0.1) is 6.61 Å². The average molecular weight is 326 g/mol. The molecule has 0 aliphatic heterocycles. The molecule has 1 aliphatic carbocycles. The molecule has 0 aromatic heterocycles. The van der Waals surface area contributed by atoms with E-state index in [0.29, 0.717) is 11.5 Å². The summed E-state index contributed by atoms with van der Waals surface area (Å²) in [5, 5.41) is 9.58. The van der Waals surface area contributed by atoms with Crippen molar-refractivity contribution in [2.24, 2.45) is 5.41 Å². The van der Waals surface area contributed by atoms with Crippen molar-refractivity contribution in [2.75, 3.05) is 0 Å². The number of aliphatic hydroxyl groups is 1. The first-order valence-corrected chi connectivity index (χ1v) is 8.92. The van der Waals surface area contributed by atoms with Gasteiger partial charge in [0, 0.05) is 5.56 Å². The molecule has 2 aromatic carbocycles. The van der Waals surface area contributed by atoms with Crippen LogP contribution in [0.2, 0.25) is 0 Å². The normalized spacial score (nSPS) is 20.1. The van der Waals surface area contributed by atoms with Gasteiger partial charge in [-0.05, 0) is 59.9 Å².